The van der Waals surface area contributed by atoms with Gasteiger partial charge in [-0.1, -0.05) is 37.3 Å². The lowest BCUT2D eigenvalue weighted by atomic mass is 10.0. The normalized spacial score (nSPS) is 23.1. The molecule has 1 aliphatic heterocycles. The molecule has 1 N–H and O–H groups in total. The first-order chi connectivity index (χ1) is 10.6. The third-order valence-corrected chi connectivity index (χ3v) is 4.21. The van der Waals surface area contributed by atoms with Gasteiger partial charge in [-0.15, -0.1) is 0 Å². The molecule has 0 aromatic heterocycles. The fourth-order valence-corrected chi connectivity index (χ4v) is 2.63. The summed E-state index contributed by atoms with van der Waals surface area (Å²) in [5, 5.41) is 3.07. The summed E-state index contributed by atoms with van der Waals surface area (Å²) in [4.78, 5) is 14.4. The largest absolute Gasteiger partial charge is 0.382 e. The van der Waals surface area contributed by atoms with Gasteiger partial charge in [-0.2, -0.15) is 0 Å². The number of ether oxygens (including phenoxy) is 2. The second kappa shape index (κ2) is 7.61. The minimum Gasteiger partial charge on any atom is -0.382 e. The summed E-state index contributed by atoms with van der Waals surface area (Å²) < 4.78 is 11.0. The van der Waals surface area contributed by atoms with Crippen LogP contribution in [0.5, 0.6) is 0 Å². The molecule has 0 unspecified atom stereocenters. The molecule has 0 bridgehead atoms. The van der Waals surface area contributed by atoms with Crippen LogP contribution in [-0.4, -0.2) is 49.9 Å². The van der Waals surface area contributed by atoms with Crippen molar-refractivity contribution in [2.24, 2.45) is 0 Å². The Morgan fingerprint density at radius 1 is 1.45 bits per heavy atom. The fraction of sp³-hybridized carbons (Fsp3) is 0.588. The van der Waals surface area contributed by atoms with Crippen molar-refractivity contribution in [3.63, 3.8) is 0 Å². The fourth-order valence-electron chi connectivity index (χ4n) is 2.63. The van der Waals surface area contributed by atoms with E-state index in [1.54, 1.807) is 7.11 Å². The van der Waals surface area contributed by atoms with Crippen molar-refractivity contribution in [1.82, 2.24) is 10.2 Å². The molecule has 0 saturated carbocycles. The Labute approximate surface area is 132 Å². The van der Waals surface area contributed by atoms with Crippen molar-refractivity contribution < 1.29 is 14.3 Å². The molecular formula is C17H26N2O3. The number of hydrogen-bond donors (Lipinski definition) is 1. The van der Waals surface area contributed by atoms with Gasteiger partial charge in [-0.3, -0.25) is 0 Å². The molecule has 5 nitrogen and oxygen atoms in total. The smallest absolute Gasteiger partial charge is 0.318 e. The van der Waals surface area contributed by atoms with Crippen molar-refractivity contribution in [2.45, 2.75) is 31.9 Å². The van der Waals surface area contributed by atoms with Crippen LogP contribution in [0, 0.1) is 0 Å². The molecule has 1 aliphatic rings. The van der Waals surface area contributed by atoms with E-state index in [0.29, 0.717) is 26.3 Å². The van der Waals surface area contributed by atoms with Crippen LogP contribution < -0.4 is 5.32 Å². The van der Waals surface area contributed by atoms with Crippen LogP contribution in [0.25, 0.3) is 0 Å². The molecule has 1 aromatic carbocycles. The maximum Gasteiger partial charge on any atom is 0.318 e. The Balaban J connectivity index is 2.02. The number of rotatable bonds is 5. The highest BCUT2D eigenvalue weighted by Gasteiger charge is 2.33. The molecule has 1 heterocycles. The van der Waals surface area contributed by atoms with E-state index in [2.05, 4.69) is 19.2 Å². The molecule has 2 rings (SSSR count). The lowest BCUT2D eigenvalue weighted by molar-refractivity contribution is -0.0875. The summed E-state index contributed by atoms with van der Waals surface area (Å²) in [6.45, 7) is 6.40. The second-order valence-corrected chi connectivity index (χ2v) is 5.94. The number of benzene rings is 1. The summed E-state index contributed by atoms with van der Waals surface area (Å²) in [5.74, 6) is 0. The molecule has 0 aliphatic carbocycles. The van der Waals surface area contributed by atoms with Crippen LogP contribution in [-0.2, 0) is 9.47 Å². The molecular weight excluding hydrogens is 280 g/mol. The molecule has 0 spiro atoms. The predicted molar refractivity (Wildman–Crippen MR) is 85.8 cm³/mol. The number of nitrogens with zero attached hydrogens (tertiary/aromatic N) is 1. The van der Waals surface area contributed by atoms with Gasteiger partial charge < -0.3 is 19.7 Å². The highest BCUT2D eigenvalue weighted by Crippen LogP contribution is 2.21. The number of urea groups is 1. The first-order valence-corrected chi connectivity index (χ1v) is 7.81. The van der Waals surface area contributed by atoms with Gasteiger partial charge in [0.1, 0.15) is 0 Å². The van der Waals surface area contributed by atoms with E-state index in [0.717, 1.165) is 12.0 Å². The van der Waals surface area contributed by atoms with Gasteiger partial charge in [0.15, 0.2) is 0 Å². The summed E-state index contributed by atoms with van der Waals surface area (Å²) in [6, 6.07) is 9.69. The molecule has 1 saturated heterocycles. The number of carbonyl (C=O) groups excluding carboxylic acids is 1. The summed E-state index contributed by atoms with van der Waals surface area (Å²) >= 11 is 0. The molecule has 5 heteroatoms. The maximum atomic E-state index is 12.6. The SMILES string of the molecule is CC[C@]1(C)CN(C(=O)N[C@@H](COC)c2ccccc2)CCO1. The highest BCUT2D eigenvalue weighted by molar-refractivity contribution is 5.75. The average Bonchev–Trinajstić information content (AvgIpc) is 2.55. The van der Waals surface area contributed by atoms with Crippen molar-refractivity contribution in [2.75, 3.05) is 33.4 Å². The number of hydrogen-bond acceptors (Lipinski definition) is 3. The third kappa shape index (κ3) is 4.21. The van der Waals surface area contributed by atoms with Gasteiger partial charge >= 0.3 is 6.03 Å². The zero-order valence-corrected chi connectivity index (χ0v) is 13.7. The quantitative estimate of drug-likeness (QED) is 0.909. The molecule has 0 radical (unpaired) electrons. The molecule has 2 amide bonds. The van der Waals surface area contributed by atoms with Crippen LogP contribution in [0.1, 0.15) is 31.9 Å². The topological polar surface area (TPSA) is 50.8 Å². The summed E-state index contributed by atoms with van der Waals surface area (Å²) in [5.41, 5.74) is 0.795. The zero-order chi connectivity index (χ0) is 16.0. The predicted octanol–water partition coefficient (Wildman–Crippen LogP) is 2.58. The van der Waals surface area contributed by atoms with Gasteiger partial charge in [-0.25, -0.2) is 4.79 Å². The van der Waals surface area contributed by atoms with E-state index in [1.165, 1.54) is 0 Å². The summed E-state index contributed by atoms with van der Waals surface area (Å²) in [7, 11) is 1.64. The zero-order valence-electron chi connectivity index (χ0n) is 13.7. The van der Waals surface area contributed by atoms with Crippen LogP contribution >= 0.6 is 0 Å². The first kappa shape index (κ1) is 16.8. The Kier molecular flexibility index (Phi) is 5.80. The van der Waals surface area contributed by atoms with Crippen LogP contribution in [0.2, 0.25) is 0 Å². The van der Waals surface area contributed by atoms with Crippen LogP contribution in [0.15, 0.2) is 30.3 Å². The van der Waals surface area contributed by atoms with Crippen LogP contribution in [0.4, 0.5) is 4.79 Å². The van der Waals surface area contributed by atoms with Crippen molar-refractivity contribution in [1.29, 1.82) is 0 Å². The third-order valence-electron chi connectivity index (χ3n) is 4.21. The minimum atomic E-state index is -0.251. The lowest BCUT2D eigenvalue weighted by Gasteiger charge is -2.40. The van der Waals surface area contributed by atoms with E-state index >= 15 is 0 Å². The monoisotopic (exact) mass is 306 g/mol. The maximum absolute atomic E-state index is 12.6. The Bertz CT molecular complexity index is 480. The van der Waals surface area contributed by atoms with Gasteiger partial charge in [-0.05, 0) is 18.9 Å². The van der Waals surface area contributed by atoms with E-state index in [4.69, 9.17) is 9.47 Å². The second-order valence-electron chi connectivity index (χ2n) is 5.94. The van der Waals surface area contributed by atoms with Crippen molar-refractivity contribution in [3.8, 4) is 0 Å². The number of methoxy groups -OCH3 is 1. The number of carbonyl (C=O) groups is 1. The Morgan fingerprint density at radius 3 is 2.82 bits per heavy atom. The standard InChI is InChI=1S/C17H26N2O3/c1-4-17(2)13-19(10-11-22-17)16(20)18-15(12-21-3)14-8-6-5-7-9-14/h5-9,15H,4,10-13H2,1-3H3,(H,18,20)/t15-,17+/m0/s1. The van der Waals surface area contributed by atoms with Crippen LogP contribution in [0.3, 0.4) is 0 Å². The summed E-state index contributed by atoms with van der Waals surface area (Å²) in [6.07, 6.45) is 0.886. The number of nitrogens with one attached hydrogen (secondary N) is 1. The van der Waals surface area contributed by atoms with E-state index in [1.807, 2.05) is 35.2 Å². The first-order valence-electron chi connectivity index (χ1n) is 7.81. The van der Waals surface area contributed by atoms with Gasteiger partial charge in [0.2, 0.25) is 0 Å². The average molecular weight is 306 g/mol. The number of amides is 2. The molecule has 122 valence electrons. The van der Waals surface area contributed by atoms with Gasteiger partial charge in [0, 0.05) is 13.7 Å². The Morgan fingerprint density at radius 2 is 2.18 bits per heavy atom. The van der Waals surface area contributed by atoms with E-state index < -0.39 is 0 Å². The molecule has 1 aromatic rings. The van der Waals surface area contributed by atoms with E-state index in [-0.39, 0.29) is 17.7 Å². The highest BCUT2D eigenvalue weighted by atomic mass is 16.5. The molecule has 22 heavy (non-hydrogen) atoms. The lowest BCUT2D eigenvalue weighted by Crippen LogP contribution is -2.55. The van der Waals surface area contributed by atoms with Gasteiger partial charge in [0.25, 0.3) is 0 Å². The van der Waals surface area contributed by atoms with Crippen molar-refractivity contribution in [3.05, 3.63) is 35.9 Å². The van der Waals surface area contributed by atoms with E-state index in [9.17, 15) is 4.79 Å². The Hall–Kier alpha value is -1.59. The molecule has 2 atom stereocenters. The molecule has 1 fully saturated rings. The minimum absolute atomic E-state index is 0.0612. The van der Waals surface area contributed by atoms with Gasteiger partial charge in [0.05, 0.1) is 31.4 Å². The van der Waals surface area contributed by atoms with Crippen molar-refractivity contribution >= 4 is 6.03 Å². The number of morpholine rings is 1.